The maximum Gasteiger partial charge on any atom is 0.309 e. The molecule has 180 valence electrons. The number of carbonyl (C=O) groups excluding carboxylic acids is 1. The quantitative estimate of drug-likeness (QED) is 0.127. The van der Waals surface area contributed by atoms with Crippen molar-refractivity contribution in [3.63, 3.8) is 0 Å². The zero-order valence-electron chi connectivity index (χ0n) is 20.1. The van der Waals surface area contributed by atoms with Crippen molar-refractivity contribution in [2.75, 3.05) is 6.61 Å². The van der Waals surface area contributed by atoms with Crippen LogP contribution in [-0.4, -0.2) is 23.7 Å². The van der Waals surface area contributed by atoms with Crippen LogP contribution in [0.25, 0.3) is 0 Å². The number of hydrogen-bond acceptors (Lipinski definition) is 3. The van der Waals surface area contributed by atoms with Crippen LogP contribution >= 0.6 is 0 Å². The number of rotatable bonds is 19. The van der Waals surface area contributed by atoms with E-state index in [-0.39, 0.29) is 5.97 Å². The molecular weight excluding hydrogens is 388 g/mol. The van der Waals surface area contributed by atoms with E-state index in [1.54, 1.807) is 0 Å². The Morgan fingerprint density at radius 2 is 1.23 bits per heavy atom. The molecule has 31 heavy (non-hydrogen) atoms. The molecular formula is C27H48O4. The molecule has 0 aliphatic heterocycles. The average molecular weight is 437 g/mol. The summed E-state index contributed by atoms with van der Waals surface area (Å²) < 4.78 is 5.38. The van der Waals surface area contributed by atoms with E-state index < -0.39 is 17.8 Å². The van der Waals surface area contributed by atoms with Crippen LogP contribution in [0.5, 0.6) is 0 Å². The van der Waals surface area contributed by atoms with Crippen LogP contribution in [0.1, 0.15) is 129 Å². The molecule has 0 heterocycles. The summed E-state index contributed by atoms with van der Waals surface area (Å²) in [7, 11) is 0. The minimum atomic E-state index is -0.850. The Hall–Kier alpha value is -1.32. The predicted molar refractivity (Wildman–Crippen MR) is 128 cm³/mol. The molecule has 1 saturated carbocycles. The molecule has 0 aromatic rings. The van der Waals surface area contributed by atoms with E-state index in [1.807, 2.05) is 0 Å². The maximum atomic E-state index is 12.2. The van der Waals surface area contributed by atoms with E-state index in [2.05, 4.69) is 19.1 Å². The van der Waals surface area contributed by atoms with Gasteiger partial charge in [0.1, 0.15) is 0 Å². The third-order valence-corrected chi connectivity index (χ3v) is 6.55. The van der Waals surface area contributed by atoms with Crippen LogP contribution in [0, 0.1) is 11.8 Å². The smallest absolute Gasteiger partial charge is 0.309 e. The highest BCUT2D eigenvalue weighted by molar-refractivity contribution is 5.81. The van der Waals surface area contributed by atoms with Crippen molar-refractivity contribution in [1.29, 1.82) is 0 Å². The highest BCUT2D eigenvalue weighted by atomic mass is 16.5. The third-order valence-electron chi connectivity index (χ3n) is 6.55. The standard InChI is InChI=1S/C27H48O4/c1-2-3-4-5-6-7-8-9-10-11-12-13-14-15-16-17-20-23-31-27(30)25-22-19-18-21-24(25)26(28)29/h3-4,24-25H,2,5-23H2,1H3,(H,28,29)/b4-3+. The third kappa shape index (κ3) is 14.4. The minimum Gasteiger partial charge on any atom is -0.481 e. The van der Waals surface area contributed by atoms with Gasteiger partial charge in [0.15, 0.2) is 0 Å². The number of aliphatic carboxylic acids is 1. The van der Waals surface area contributed by atoms with Crippen LogP contribution in [0.2, 0.25) is 0 Å². The highest BCUT2D eigenvalue weighted by Gasteiger charge is 2.36. The molecule has 0 radical (unpaired) electrons. The molecule has 0 spiro atoms. The van der Waals surface area contributed by atoms with Crippen molar-refractivity contribution >= 4 is 11.9 Å². The molecule has 1 aliphatic rings. The van der Waals surface area contributed by atoms with Gasteiger partial charge in [0.05, 0.1) is 18.4 Å². The van der Waals surface area contributed by atoms with Gasteiger partial charge in [0.25, 0.3) is 0 Å². The van der Waals surface area contributed by atoms with E-state index in [9.17, 15) is 14.7 Å². The largest absolute Gasteiger partial charge is 0.481 e. The van der Waals surface area contributed by atoms with E-state index in [1.165, 1.54) is 77.0 Å². The second-order valence-corrected chi connectivity index (χ2v) is 9.27. The molecule has 2 unspecified atom stereocenters. The normalized spacial score (nSPS) is 19.0. The van der Waals surface area contributed by atoms with Gasteiger partial charge in [0, 0.05) is 0 Å². The number of carboxylic acid groups (broad SMARTS) is 1. The topological polar surface area (TPSA) is 63.6 Å². The summed E-state index contributed by atoms with van der Waals surface area (Å²) in [5.41, 5.74) is 0. The summed E-state index contributed by atoms with van der Waals surface area (Å²) in [4.78, 5) is 23.5. The van der Waals surface area contributed by atoms with Crippen molar-refractivity contribution in [3.05, 3.63) is 12.2 Å². The zero-order chi connectivity index (χ0) is 22.6. The van der Waals surface area contributed by atoms with Gasteiger partial charge in [-0.15, -0.1) is 0 Å². The van der Waals surface area contributed by atoms with Gasteiger partial charge < -0.3 is 9.84 Å². The first-order valence-electron chi connectivity index (χ1n) is 13.2. The number of carboxylic acids is 1. The first-order valence-corrected chi connectivity index (χ1v) is 13.2. The number of allylic oxidation sites excluding steroid dienone is 2. The molecule has 1 N–H and O–H groups in total. The number of unbranched alkanes of at least 4 members (excludes halogenated alkanes) is 13. The summed E-state index contributed by atoms with van der Waals surface area (Å²) in [5.74, 6) is -2.12. The van der Waals surface area contributed by atoms with Crippen molar-refractivity contribution in [2.24, 2.45) is 11.8 Å². The van der Waals surface area contributed by atoms with Crippen LogP contribution in [0.15, 0.2) is 12.2 Å². The Morgan fingerprint density at radius 3 is 1.74 bits per heavy atom. The van der Waals surface area contributed by atoms with Gasteiger partial charge >= 0.3 is 11.9 Å². The molecule has 4 nitrogen and oxygen atoms in total. The molecule has 1 rings (SSSR count). The van der Waals surface area contributed by atoms with Crippen LogP contribution in [-0.2, 0) is 14.3 Å². The monoisotopic (exact) mass is 436 g/mol. The second kappa shape index (κ2) is 19.4. The van der Waals surface area contributed by atoms with Crippen molar-refractivity contribution in [1.82, 2.24) is 0 Å². The van der Waals surface area contributed by atoms with E-state index >= 15 is 0 Å². The van der Waals surface area contributed by atoms with E-state index in [0.717, 1.165) is 32.1 Å². The molecule has 2 atom stereocenters. The fourth-order valence-electron chi connectivity index (χ4n) is 4.58. The van der Waals surface area contributed by atoms with Gasteiger partial charge in [0.2, 0.25) is 0 Å². The number of esters is 1. The lowest BCUT2D eigenvalue weighted by atomic mass is 9.79. The molecule has 0 aromatic heterocycles. The summed E-state index contributed by atoms with van der Waals surface area (Å²) >= 11 is 0. The molecule has 0 aromatic carbocycles. The lowest BCUT2D eigenvalue weighted by molar-refractivity contribution is -0.159. The van der Waals surface area contributed by atoms with Crippen molar-refractivity contribution < 1.29 is 19.4 Å². The van der Waals surface area contributed by atoms with Crippen LogP contribution in [0.3, 0.4) is 0 Å². The van der Waals surface area contributed by atoms with Gasteiger partial charge in [-0.25, -0.2) is 0 Å². The fourth-order valence-corrected chi connectivity index (χ4v) is 4.58. The Morgan fingerprint density at radius 1 is 0.742 bits per heavy atom. The van der Waals surface area contributed by atoms with Crippen molar-refractivity contribution in [3.8, 4) is 0 Å². The second-order valence-electron chi connectivity index (χ2n) is 9.27. The first kappa shape index (κ1) is 27.7. The summed E-state index contributed by atoms with van der Waals surface area (Å²) in [5, 5.41) is 9.28. The minimum absolute atomic E-state index is 0.291. The number of carbonyl (C=O) groups is 2. The fraction of sp³-hybridized carbons (Fsp3) is 0.852. The Labute approximate surface area is 191 Å². The molecule has 0 bridgehead atoms. The maximum absolute atomic E-state index is 12.2. The molecule has 1 fully saturated rings. The predicted octanol–water partition coefficient (Wildman–Crippen LogP) is 7.85. The SMILES string of the molecule is CC/C=C/CCCCCCCCCCCCCCCOC(=O)C1CCCCC1C(=O)O. The van der Waals surface area contributed by atoms with Crippen LogP contribution in [0.4, 0.5) is 0 Å². The van der Waals surface area contributed by atoms with Crippen molar-refractivity contribution in [2.45, 2.75) is 129 Å². The Balaban J connectivity index is 1.84. The lowest BCUT2D eigenvalue weighted by Crippen LogP contribution is -2.33. The average Bonchev–Trinajstić information content (AvgIpc) is 2.78. The van der Waals surface area contributed by atoms with Gasteiger partial charge in [-0.05, 0) is 38.5 Å². The number of ether oxygens (including phenoxy) is 1. The van der Waals surface area contributed by atoms with E-state index in [0.29, 0.717) is 19.4 Å². The lowest BCUT2D eigenvalue weighted by Gasteiger charge is -2.26. The first-order chi connectivity index (χ1) is 15.2. The molecule has 1 aliphatic carbocycles. The van der Waals surface area contributed by atoms with E-state index in [4.69, 9.17) is 4.74 Å². The van der Waals surface area contributed by atoms with Gasteiger partial charge in [-0.1, -0.05) is 103 Å². The van der Waals surface area contributed by atoms with Gasteiger partial charge in [-0.2, -0.15) is 0 Å². The van der Waals surface area contributed by atoms with Gasteiger partial charge in [-0.3, -0.25) is 9.59 Å². The summed E-state index contributed by atoms with van der Waals surface area (Å²) in [6.07, 6.45) is 26.8. The molecule has 0 saturated heterocycles. The van der Waals surface area contributed by atoms with Crippen LogP contribution < -0.4 is 0 Å². The highest BCUT2D eigenvalue weighted by Crippen LogP contribution is 2.31. The summed E-state index contributed by atoms with van der Waals surface area (Å²) in [6, 6.07) is 0. The summed E-state index contributed by atoms with van der Waals surface area (Å²) in [6.45, 7) is 2.63. The number of hydrogen-bond donors (Lipinski definition) is 1. The Bertz CT molecular complexity index is 486. The zero-order valence-corrected chi connectivity index (χ0v) is 20.1. The molecule has 4 heteroatoms. The Kier molecular flexibility index (Phi) is 17.3. The molecule has 0 amide bonds.